The van der Waals surface area contributed by atoms with E-state index in [0.717, 1.165) is 6.08 Å². The molecule has 1 unspecified atom stereocenters. The molecule has 0 saturated heterocycles. The van der Waals surface area contributed by atoms with Gasteiger partial charge in [0.25, 0.3) is 5.25 Å². The Bertz CT molecular complexity index is 178. The zero-order chi connectivity index (χ0) is 11.8. The Hall–Kier alpha value is -0.580. The third kappa shape index (κ3) is 14.0. The first kappa shape index (κ1) is 15.9. The van der Waals surface area contributed by atoms with Gasteiger partial charge < -0.3 is 14.7 Å². The number of hydrogen-bond acceptors (Lipinski definition) is 4. The van der Waals surface area contributed by atoms with Gasteiger partial charge in [0.15, 0.2) is 0 Å². The Kier molecular flexibility index (Phi) is 8.83. The van der Waals surface area contributed by atoms with Gasteiger partial charge in [-0.25, -0.2) is 4.79 Å². The van der Waals surface area contributed by atoms with E-state index in [-0.39, 0.29) is 6.42 Å². The number of halogens is 1. The zero-order valence-corrected chi connectivity index (χ0v) is 9.84. The normalized spacial score (nSPS) is 13.6. The van der Waals surface area contributed by atoms with Crippen molar-refractivity contribution in [2.45, 2.75) is 18.6 Å². The highest BCUT2D eigenvalue weighted by molar-refractivity contribution is 6.22. The van der Waals surface area contributed by atoms with Gasteiger partial charge in [0.1, 0.15) is 0 Å². The van der Waals surface area contributed by atoms with Crippen LogP contribution >= 0.6 is 11.6 Å². The molecule has 0 amide bonds. The van der Waals surface area contributed by atoms with Gasteiger partial charge in [0, 0.05) is 12.5 Å². The van der Waals surface area contributed by atoms with Crippen molar-refractivity contribution in [1.29, 1.82) is 0 Å². The number of ether oxygens (including phenoxy) is 1. The molecule has 1 atom stereocenters. The molecule has 0 saturated carbocycles. The van der Waals surface area contributed by atoms with Crippen LogP contribution in [-0.2, 0) is 9.53 Å². The molecule has 0 aromatic carbocycles. The standard InChI is InChI=1S/C6H9ClO3.C3H9N/c1-3-5(8)10-6(7,9)4-2;1-4(2)3/h3,9H,1,4H2,2H3;1-3H3. The molecule has 4 nitrogen and oxygen atoms in total. The molecule has 1 N–H and O–H groups in total. The van der Waals surface area contributed by atoms with Crippen molar-refractivity contribution in [2.24, 2.45) is 0 Å². The van der Waals surface area contributed by atoms with E-state index in [4.69, 9.17) is 16.7 Å². The Labute approximate surface area is 90.1 Å². The van der Waals surface area contributed by atoms with Crippen LogP contribution in [-0.4, -0.2) is 42.4 Å². The van der Waals surface area contributed by atoms with Crippen molar-refractivity contribution >= 4 is 17.6 Å². The topological polar surface area (TPSA) is 49.8 Å². The maximum Gasteiger partial charge on any atom is 0.333 e. The molecular weight excluding hydrogens is 206 g/mol. The Morgan fingerprint density at radius 3 is 2.21 bits per heavy atom. The van der Waals surface area contributed by atoms with E-state index in [1.807, 2.05) is 26.0 Å². The number of aliphatic hydroxyl groups is 1. The number of carbonyl (C=O) groups is 1. The molecule has 5 heteroatoms. The number of hydrogen-bond donors (Lipinski definition) is 1. The van der Waals surface area contributed by atoms with Crippen LogP contribution in [0.2, 0.25) is 0 Å². The maximum atomic E-state index is 10.4. The summed E-state index contributed by atoms with van der Waals surface area (Å²) in [5.41, 5.74) is 0. The minimum absolute atomic E-state index is 0.133. The first-order chi connectivity index (χ1) is 6.25. The highest BCUT2D eigenvalue weighted by atomic mass is 35.5. The summed E-state index contributed by atoms with van der Waals surface area (Å²) in [7, 11) is 6.00. The molecule has 0 radical (unpaired) electrons. The molecule has 0 rings (SSSR count). The molecule has 0 heterocycles. The van der Waals surface area contributed by atoms with Crippen molar-refractivity contribution < 1.29 is 14.6 Å². The SMILES string of the molecule is C=CC(=O)OC(O)(Cl)CC.CN(C)C. The second kappa shape index (κ2) is 7.79. The van der Waals surface area contributed by atoms with Crippen molar-refractivity contribution in [3.63, 3.8) is 0 Å². The molecule has 0 aliphatic rings. The molecule has 0 aromatic rings. The van der Waals surface area contributed by atoms with Crippen molar-refractivity contribution in [3.8, 4) is 0 Å². The smallest absolute Gasteiger partial charge is 0.333 e. The van der Waals surface area contributed by atoms with Crippen LogP contribution < -0.4 is 0 Å². The molecule has 0 fully saturated rings. The Morgan fingerprint density at radius 2 is 2.00 bits per heavy atom. The van der Waals surface area contributed by atoms with Crippen LogP contribution in [0.3, 0.4) is 0 Å². The fraction of sp³-hybridized carbons (Fsp3) is 0.667. The van der Waals surface area contributed by atoms with Gasteiger partial charge in [-0.05, 0) is 32.7 Å². The molecule has 14 heavy (non-hydrogen) atoms. The van der Waals surface area contributed by atoms with Crippen LogP contribution in [0.5, 0.6) is 0 Å². The minimum atomic E-state index is -1.88. The lowest BCUT2D eigenvalue weighted by molar-refractivity contribution is -0.173. The summed E-state index contributed by atoms with van der Waals surface area (Å²) >= 11 is 5.26. The lowest BCUT2D eigenvalue weighted by atomic mass is 10.5. The van der Waals surface area contributed by atoms with E-state index in [2.05, 4.69) is 11.3 Å². The highest BCUT2D eigenvalue weighted by Crippen LogP contribution is 2.16. The van der Waals surface area contributed by atoms with Crippen LogP contribution in [0.1, 0.15) is 13.3 Å². The second-order valence-electron chi connectivity index (χ2n) is 3.01. The van der Waals surface area contributed by atoms with E-state index < -0.39 is 11.2 Å². The monoisotopic (exact) mass is 223 g/mol. The first-order valence-corrected chi connectivity index (χ1v) is 4.50. The van der Waals surface area contributed by atoms with Gasteiger partial charge in [0.2, 0.25) is 0 Å². The quantitative estimate of drug-likeness (QED) is 0.338. The fourth-order valence-electron chi connectivity index (χ4n) is 0.268. The Balaban J connectivity index is 0. The summed E-state index contributed by atoms with van der Waals surface area (Å²) in [5, 5.41) is 7.02. The zero-order valence-electron chi connectivity index (χ0n) is 9.08. The number of rotatable bonds is 3. The number of esters is 1. The lowest BCUT2D eigenvalue weighted by Crippen LogP contribution is -2.26. The van der Waals surface area contributed by atoms with Gasteiger partial charge in [-0.3, -0.25) is 0 Å². The average molecular weight is 224 g/mol. The molecule has 84 valence electrons. The molecule has 0 aromatic heterocycles. The average Bonchev–Trinajstić information content (AvgIpc) is 2.02. The van der Waals surface area contributed by atoms with E-state index in [0.29, 0.717) is 0 Å². The summed E-state index contributed by atoms with van der Waals surface area (Å²) in [5.74, 6) is -0.737. The van der Waals surface area contributed by atoms with Crippen molar-refractivity contribution in [1.82, 2.24) is 4.90 Å². The summed E-state index contributed by atoms with van der Waals surface area (Å²) in [6.45, 7) is 4.72. The maximum absolute atomic E-state index is 10.4. The molecule has 0 bridgehead atoms. The van der Waals surface area contributed by atoms with E-state index >= 15 is 0 Å². The summed E-state index contributed by atoms with van der Waals surface area (Å²) in [6.07, 6.45) is 1.07. The summed E-state index contributed by atoms with van der Waals surface area (Å²) in [4.78, 5) is 12.4. The van der Waals surface area contributed by atoms with Crippen LogP contribution in [0, 0.1) is 0 Å². The predicted octanol–water partition coefficient (Wildman–Crippen LogP) is 1.19. The second-order valence-corrected chi connectivity index (χ2v) is 3.60. The highest BCUT2D eigenvalue weighted by Gasteiger charge is 2.24. The summed E-state index contributed by atoms with van der Waals surface area (Å²) in [6, 6.07) is 0. The summed E-state index contributed by atoms with van der Waals surface area (Å²) < 4.78 is 4.30. The van der Waals surface area contributed by atoms with E-state index in [1.54, 1.807) is 6.92 Å². The third-order valence-electron chi connectivity index (χ3n) is 0.860. The van der Waals surface area contributed by atoms with E-state index in [1.165, 1.54) is 0 Å². The molecular formula is C9H18ClNO3. The fourth-order valence-corrected chi connectivity index (χ4v) is 0.344. The molecule has 0 aliphatic carbocycles. The van der Waals surface area contributed by atoms with Gasteiger partial charge in [-0.2, -0.15) is 0 Å². The third-order valence-corrected chi connectivity index (χ3v) is 1.20. The van der Waals surface area contributed by atoms with Gasteiger partial charge in [-0.1, -0.05) is 13.5 Å². The number of nitrogens with zero attached hydrogens (tertiary/aromatic N) is 1. The van der Waals surface area contributed by atoms with Crippen molar-refractivity contribution in [2.75, 3.05) is 21.1 Å². The molecule has 0 aliphatic heterocycles. The van der Waals surface area contributed by atoms with Crippen molar-refractivity contribution in [3.05, 3.63) is 12.7 Å². The van der Waals surface area contributed by atoms with E-state index in [9.17, 15) is 4.79 Å². The Morgan fingerprint density at radius 1 is 1.64 bits per heavy atom. The van der Waals surface area contributed by atoms with Gasteiger partial charge in [-0.15, -0.1) is 0 Å². The lowest BCUT2D eigenvalue weighted by Gasteiger charge is -2.16. The number of alkyl halides is 1. The largest absolute Gasteiger partial charge is 0.415 e. The number of carbonyl (C=O) groups excluding carboxylic acids is 1. The van der Waals surface area contributed by atoms with Crippen LogP contribution in [0.15, 0.2) is 12.7 Å². The predicted molar refractivity (Wildman–Crippen MR) is 57.0 cm³/mol. The first-order valence-electron chi connectivity index (χ1n) is 4.12. The minimum Gasteiger partial charge on any atom is -0.415 e. The van der Waals surface area contributed by atoms with Crippen LogP contribution in [0.25, 0.3) is 0 Å². The van der Waals surface area contributed by atoms with Gasteiger partial charge >= 0.3 is 5.97 Å². The molecule has 0 spiro atoms. The van der Waals surface area contributed by atoms with Crippen LogP contribution in [0.4, 0.5) is 0 Å². The van der Waals surface area contributed by atoms with Gasteiger partial charge in [0.05, 0.1) is 0 Å².